The number of amides is 1. The first-order valence-electron chi connectivity index (χ1n) is 6.67. The monoisotopic (exact) mass is 286 g/mol. The Balaban J connectivity index is 1.81. The van der Waals surface area contributed by atoms with Crippen LogP contribution in [0.4, 0.5) is 0 Å². The first kappa shape index (κ1) is 14.8. The Morgan fingerprint density at radius 3 is 2.71 bits per heavy atom. The zero-order valence-electron chi connectivity index (χ0n) is 12.1. The lowest BCUT2D eigenvalue weighted by Crippen LogP contribution is -2.18. The minimum absolute atomic E-state index is 0.148. The van der Waals surface area contributed by atoms with Crippen molar-refractivity contribution in [3.63, 3.8) is 0 Å². The van der Waals surface area contributed by atoms with Crippen molar-refractivity contribution < 1.29 is 9.90 Å². The summed E-state index contributed by atoms with van der Waals surface area (Å²) in [5.41, 5.74) is 6.28. The molecular formula is C15H18N4O2. The van der Waals surface area contributed by atoms with E-state index in [0.29, 0.717) is 12.8 Å². The van der Waals surface area contributed by atoms with Crippen molar-refractivity contribution in [2.75, 3.05) is 0 Å². The van der Waals surface area contributed by atoms with Crippen LogP contribution in [-0.4, -0.2) is 27.4 Å². The van der Waals surface area contributed by atoms with E-state index in [1.54, 1.807) is 24.3 Å². The number of rotatable bonds is 5. The maximum absolute atomic E-state index is 11.7. The third-order valence-corrected chi connectivity index (χ3v) is 3.18. The fourth-order valence-corrected chi connectivity index (χ4v) is 1.98. The number of hydrogen-bond acceptors (Lipinski definition) is 4. The van der Waals surface area contributed by atoms with Gasteiger partial charge in [0.05, 0.1) is 11.9 Å². The van der Waals surface area contributed by atoms with E-state index in [2.05, 4.69) is 20.7 Å². The van der Waals surface area contributed by atoms with Crippen LogP contribution in [0.5, 0.6) is 5.75 Å². The third kappa shape index (κ3) is 4.17. The number of hydrazone groups is 1. The molecule has 6 nitrogen and oxygen atoms in total. The minimum Gasteiger partial charge on any atom is -0.508 e. The molecule has 2 aromatic rings. The van der Waals surface area contributed by atoms with Crippen molar-refractivity contribution in [1.82, 2.24) is 15.6 Å². The van der Waals surface area contributed by atoms with Crippen LogP contribution in [0.2, 0.25) is 0 Å². The second kappa shape index (κ2) is 6.69. The molecule has 0 fully saturated rings. The van der Waals surface area contributed by atoms with Crippen molar-refractivity contribution in [3.8, 4) is 5.75 Å². The van der Waals surface area contributed by atoms with Crippen molar-refractivity contribution in [2.24, 2.45) is 5.10 Å². The molecule has 6 heteroatoms. The normalized spacial score (nSPS) is 11.0. The van der Waals surface area contributed by atoms with Crippen molar-refractivity contribution in [1.29, 1.82) is 0 Å². The van der Waals surface area contributed by atoms with Crippen LogP contribution in [0.25, 0.3) is 0 Å². The van der Waals surface area contributed by atoms with Crippen molar-refractivity contribution in [3.05, 3.63) is 46.8 Å². The van der Waals surface area contributed by atoms with Crippen LogP contribution in [-0.2, 0) is 11.2 Å². The van der Waals surface area contributed by atoms with E-state index >= 15 is 0 Å². The Bertz CT molecular complexity index is 625. The third-order valence-electron chi connectivity index (χ3n) is 3.18. The summed E-state index contributed by atoms with van der Waals surface area (Å²) in [6, 6.07) is 6.55. The Morgan fingerprint density at radius 1 is 1.38 bits per heavy atom. The van der Waals surface area contributed by atoms with Gasteiger partial charge in [0.1, 0.15) is 5.75 Å². The maximum Gasteiger partial charge on any atom is 0.240 e. The first-order valence-corrected chi connectivity index (χ1v) is 6.67. The zero-order valence-corrected chi connectivity index (χ0v) is 12.1. The number of phenolic OH excluding ortho intramolecular Hbond substituents is 1. The van der Waals surface area contributed by atoms with Gasteiger partial charge in [0.25, 0.3) is 0 Å². The predicted molar refractivity (Wildman–Crippen MR) is 80.2 cm³/mol. The van der Waals surface area contributed by atoms with Crippen molar-refractivity contribution in [2.45, 2.75) is 26.7 Å². The lowest BCUT2D eigenvalue weighted by Gasteiger charge is -2.01. The van der Waals surface area contributed by atoms with E-state index in [9.17, 15) is 4.79 Å². The van der Waals surface area contributed by atoms with Crippen LogP contribution in [0.3, 0.4) is 0 Å². The van der Waals surface area contributed by atoms with Gasteiger partial charge in [0.2, 0.25) is 5.91 Å². The second-order valence-corrected chi connectivity index (χ2v) is 4.80. The summed E-state index contributed by atoms with van der Waals surface area (Å²) in [4.78, 5) is 11.7. The molecule has 0 aliphatic carbocycles. The second-order valence-electron chi connectivity index (χ2n) is 4.80. The SMILES string of the molecule is Cc1n[nH]c(C)c1CCC(=O)N/N=C/c1ccc(O)cc1. The molecule has 21 heavy (non-hydrogen) atoms. The van der Waals surface area contributed by atoms with Crippen LogP contribution in [0.1, 0.15) is 28.9 Å². The number of H-pyrrole nitrogens is 1. The van der Waals surface area contributed by atoms with Crippen molar-refractivity contribution >= 4 is 12.1 Å². The number of hydrogen-bond donors (Lipinski definition) is 3. The Labute approximate surface area is 122 Å². The fraction of sp³-hybridized carbons (Fsp3) is 0.267. The van der Waals surface area contributed by atoms with Crippen LogP contribution in [0, 0.1) is 13.8 Å². The minimum atomic E-state index is -0.148. The summed E-state index contributed by atoms with van der Waals surface area (Å²) < 4.78 is 0. The molecule has 0 bridgehead atoms. The molecule has 1 heterocycles. The van der Waals surface area contributed by atoms with Gasteiger partial charge in [-0.2, -0.15) is 10.2 Å². The quantitative estimate of drug-likeness (QED) is 0.578. The van der Waals surface area contributed by atoms with Gasteiger partial charge in [0.15, 0.2) is 0 Å². The van der Waals surface area contributed by atoms with Crippen LogP contribution >= 0.6 is 0 Å². The molecule has 0 unspecified atom stereocenters. The summed E-state index contributed by atoms with van der Waals surface area (Å²) >= 11 is 0. The molecule has 0 aliphatic rings. The van der Waals surface area contributed by atoms with E-state index in [4.69, 9.17) is 5.11 Å². The molecule has 0 saturated carbocycles. The number of carbonyl (C=O) groups excluding carboxylic acids is 1. The van der Waals surface area contributed by atoms with E-state index < -0.39 is 0 Å². The highest BCUT2D eigenvalue weighted by Gasteiger charge is 2.08. The number of aromatic hydroxyl groups is 1. The maximum atomic E-state index is 11.7. The Hall–Kier alpha value is -2.63. The molecule has 2 rings (SSSR count). The summed E-state index contributed by atoms with van der Waals surface area (Å²) in [6.07, 6.45) is 2.52. The number of carbonyl (C=O) groups is 1. The summed E-state index contributed by atoms with van der Waals surface area (Å²) in [5.74, 6) is 0.0482. The van der Waals surface area contributed by atoms with E-state index in [1.165, 1.54) is 6.21 Å². The topological polar surface area (TPSA) is 90.4 Å². The van der Waals surface area contributed by atoms with Gasteiger partial charge in [-0.25, -0.2) is 5.43 Å². The first-order chi connectivity index (χ1) is 10.1. The summed E-state index contributed by atoms with van der Waals surface area (Å²) in [7, 11) is 0. The average Bonchev–Trinajstić information content (AvgIpc) is 2.78. The standard InChI is InChI=1S/C15H18N4O2/c1-10-14(11(2)18-17-10)7-8-15(21)19-16-9-12-3-5-13(20)6-4-12/h3-6,9,20H,7-8H2,1-2H3,(H,17,18)(H,19,21)/b16-9+. The van der Waals surface area contributed by atoms with Gasteiger partial charge < -0.3 is 5.11 Å². The van der Waals surface area contributed by atoms with E-state index in [-0.39, 0.29) is 11.7 Å². The van der Waals surface area contributed by atoms with Gasteiger partial charge in [-0.15, -0.1) is 0 Å². The molecule has 1 aromatic carbocycles. The number of phenols is 1. The molecule has 1 aromatic heterocycles. The fourth-order valence-electron chi connectivity index (χ4n) is 1.98. The molecule has 0 radical (unpaired) electrons. The van der Waals surface area contributed by atoms with Gasteiger partial charge >= 0.3 is 0 Å². The Kier molecular flexibility index (Phi) is 4.71. The molecule has 0 atom stereocenters. The number of nitrogens with one attached hydrogen (secondary N) is 2. The molecule has 0 spiro atoms. The van der Waals surface area contributed by atoms with Crippen LogP contribution < -0.4 is 5.43 Å². The zero-order chi connectivity index (χ0) is 15.2. The molecule has 110 valence electrons. The lowest BCUT2D eigenvalue weighted by atomic mass is 10.1. The molecule has 3 N–H and O–H groups in total. The molecule has 1 amide bonds. The largest absolute Gasteiger partial charge is 0.508 e. The van der Waals surface area contributed by atoms with Gasteiger partial charge in [-0.05, 0) is 55.7 Å². The molecule has 0 aliphatic heterocycles. The number of nitrogens with zero attached hydrogens (tertiary/aromatic N) is 2. The lowest BCUT2D eigenvalue weighted by molar-refractivity contribution is -0.121. The number of benzene rings is 1. The number of aromatic amines is 1. The Morgan fingerprint density at radius 2 is 2.10 bits per heavy atom. The number of aryl methyl sites for hydroxylation is 2. The summed E-state index contributed by atoms with van der Waals surface area (Å²) in [6.45, 7) is 3.86. The highest BCUT2D eigenvalue weighted by molar-refractivity contribution is 5.82. The van der Waals surface area contributed by atoms with Crippen LogP contribution in [0.15, 0.2) is 29.4 Å². The highest BCUT2D eigenvalue weighted by Crippen LogP contribution is 2.11. The van der Waals surface area contributed by atoms with E-state index in [0.717, 1.165) is 22.5 Å². The molecular weight excluding hydrogens is 268 g/mol. The highest BCUT2D eigenvalue weighted by atomic mass is 16.3. The van der Waals surface area contributed by atoms with Gasteiger partial charge in [-0.3, -0.25) is 9.89 Å². The smallest absolute Gasteiger partial charge is 0.240 e. The number of aromatic nitrogens is 2. The van der Waals surface area contributed by atoms with Gasteiger partial charge in [-0.1, -0.05) is 0 Å². The molecule has 0 saturated heterocycles. The predicted octanol–water partition coefficient (Wildman–Crippen LogP) is 1.82. The average molecular weight is 286 g/mol. The van der Waals surface area contributed by atoms with E-state index in [1.807, 2.05) is 13.8 Å². The summed E-state index contributed by atoms with van der Waals surface area (Å²) in [5, 5.41) is 20.0. The van der Waals surface area contributed by atoms with Gasteiger partial charge in [0, 0.05) is 12.1 Å².